The Labute approximate surface area is 136 Å². The van der Waals surface area contributed by atoms with Crippen molar-refractivity contribution in [1.29, 1.82) is 0 Å². The number of nitrogens with one attached hydrogen (secondary N) is 2. The van der Waals surface area contributed by atoms with Crippen LogP contribution in [0.3, 0.4) is 0 Å². The molecule has 5 fully saturated rings. The maximum Gasteiger partial charge on any atom is 0.242 e. The van der Waals surface area contributed by atoms with Crippen LogP contribution in [0.5, 0.6) is 0 Å². The van der Waals surface area contributed by atoms with E-state index in [-0.39, 0.29) is 28.1 Å². The minimum atomic E-state index is -0.353. The molecule has 3 atom stereocenters. The Morgan fingerprint density at radius 3 is 2.59 bits per heavy atom. The summed E-state index contributed by atoms with van der Waals surface area (Å²) in [7, 11) is 0. The lowest BCUT2D eigenvalue weighted by molar-refractivity contribution is -0.147. The first-order valence-corrected chi connectivity index (χ1v) is 9.14. The average Bonchev–Trinajstić information content (AvgIpc) is 2.61. The molecule has 1 heterocycles. The molecule has 1 saturated heterocycles. The van der Waals surface area contributed by atoms with Gasteiger partial charge in [0.05, 0.1) is 5.41 Å². The maximum atomic E-state index is 13.0. The van der Waals surface area contributed by atoms with Crippen LogP contribution >= 0.6 is 11.6 Å². The first kappa shape index (κ1) is 14.8. The van der Waals surface area contributed by atoms with E-state index in [4.69, 9.17) is 11.6 Å². The summed E-state index contributed by atoms with van der Waals surface area (Å²) in [6, 6.07) is -0.353. The number of hydrogen-bond acceptors (Lipinski definition) is 2. The summed E-state index contributed by atoms with van der Waals surface area (Å²) in [5.74, 6) is 1.28. The van der Waals surface area contributed by atoms with Crippen molar-refractivity contribution in [3.05, 3.63) is 0 Å². The molecule has 4 saturated carbocycles. The van der Waals surface area contributed by atoms with Gasteiger partial charge in [0.2, 0.25) is 11.8 Å². The smallest absolute Gasteiger partial charge is 0.242 e. The number of hydrogen-bond donors (Lipinski definition) is 2. The minimum Gasteiger partial charge on any atom is -0.354 e. The molecule has 0 spiro atoms. The van der Waals surface area contributed by atoms with E-state index in [9.17, 15) is 9.59 Å². The van der Waals surface area contributed by atoms with Gasteiger partial charge in [-0.3, -0.25) is 9.59 Å². The molecule has 2 amide bonds. The molecule has 4 aliphatic carbocycles. The third kappa shape index (κ3) is 2.44. The molecule has 4 nitrogen and oxygen atoms in total. The Morgan fingerprint density at radius 1 is 1.18 bits per heavy atom. The van der Waals surface area contributed by atoms with E-state index in [1.54, 1.807) is 0 Å². The average molecular weight is 325 g/mol. The van der Waals surface area contributed by atoms with Crippen molar-refractivity contribution in [2.24, 2.45) is 17.3 Å². The summed E-state index contributed by atoms with van der Waals surface area (Å²) in [5, 5.41) is 5.97. The van der Waals surface area contributed by atoms with Crippen LogP contribution in [0.4, 0.5) is 0 Å². The molecule has 5 aliphatic rings. The van der Waals surface area contributed by atoms with Gasteiger partial charge in [0.25, 0.3) is 0 Å². The van der Waals surface area contributed by atoms with E-state index in [1.165, 1.54) is 6.42 Å². The van der Waals surface area contributed by atoms with Crippen LogP contribution in [0.15, 0.2) is 0 Å². The maximum absolute atomic E-state index is 13.0. The van der Waals surface area contributed by atoms with Crippen LogP contribution in [0.25, 0.3) is 0 Å². The zero-order valence-electron chi connectivity index (χ0n) is 13.0. The largest absolute Gasteiger partial charge is 0.354 e. The molecule has 2 N–H and O–H groups in total. The topological polar surface area (TPSA) is 58.2 Å². The van der Waals surface area contributed by atoms with E-state index < -0.39 is 0 Å². The number of rotatable bonds is 2. The van der Waals surface area contributed by atoms with Crippen molar-refractivity contribution in [2.75, 3.05) is 6.54 Å². The molecule has 2 unspecified atom stereocenters. The van der Waals surface area contributed by atoms with Gasteiger partial charge >= 0.3 is 0 Å². The predicted octanol–water partition coefficient (Wildman–Crippen LogP) is 2.35. The highest BCUT2D eigenvalue weighted by atomic mass is 35.5. The van der Waals surface area contributed by atoms with E-state index in [0.717, 1.165) is 57.9 Å². The van der Waals surface area contributed by atoms with Gasteiger partial charge in [-0.25, -0.2) is 0 Å². The van der Waals surface area contributed by atoms with Gasteiger partial charge in [0, 0.05) is 11.4 Å². The van der Waals surface area contributed by atoms with Gasteiger partial charge in [-0.05, 0) is 69.6 Å². The Balaban J connectivity index is 1.51. The third-order valence-electron chi connectivity index (χ3n) is 6.31. The summed E-state index contributed by atoms with van der Waals surface area (Å²) < 4.78 is 0. The first-order chi connectivity index (χ1) is 10.5. The lowest BCUT2D eigenvalue weighted by Crippen LogP contribution is -2.60. The van der Waals surface area contributed by atoms with Gasteiger partial charge in [-0.2, -0.15) is 0 Å². The van der Waals surface area contributed by atoms with Gasteiger partial charge in [0.15, 0.2) is 0 Å². The molecule has 0 radical (unpaired) electrons. The Bertz CT molecular complexity index is 493. The van der Waals surface area contributed by atoms with Crippen molar-refractivity contribution >= 4 is 23.4 Å². The van der Waals surface area contributed by atoms with Gasteiger partial charge in [-0.1, -0.05) is 0 Å². The van der Waals surface area contributed by atoms with Gasteiger partial charge < -0.3 is 10.6 Å². The number of halogens is 1. The first-order valence-electron chi connectivity index (χ1n) is 8.76. The van der Waals surface area contributed by atoms with Crippen molar-refractivity contribution in [3.63, 3.8) is 0 Å². The highest BCUT2D eigenvalue weighted by Crippen LogP contribution is 2.63. The molecule has 5 rings (SSSR count). The quantitative estimate of drug-likeness (QED) is 0.766. The summed E-state index contributed by atoms with van der Waals surface area (Å²) in [4.78, 5) is 24.9. The standard InChI is InChI=1S/C17H25ClN2O2/c18-17-8-11-5-12(9-17)7-16(6-11,10-17)15(22)20-13-3-1-2-4-19-14(13)21/h11-13H,1-10H2,(H,19,21)(H,20,22)/t11?,12?,13-,16?,17?/m0/s1. The lowest BCUT2D eigenvalue weighted by atomic mass is 9.49. The number of alkyl halides is 1. The fourth-order valence-electron chi connectivity index (χ4n) is 5.80. The van der Waals surface area contributed by atoms with E-state index in [2.05, 4.69) is 10.6 Å². The molecular formula is C17H25ClN2O2. The summed E-state index contributed by atoms with van der Waals surface area (Å²) >= 11 is 6.80. The number of amides is 2. The van der Waals surface area contributed by atoms with E-state index >= 15 is 0 Å². The summed E-state index contributed by atoms with van der Waals surface area (Å²) in [6.07, 6.45) is 8.87. The molecule has 5 heteroatoms. The fraction of sp³-hybridized carbons (Fsp3) is 0.882. The second kappa shape index (κ2) is 5.12. The van der Waals surface area contributed by atoms with E-state index in [1.807, 2.05) is 0 Å². The zero-order valence-corrected chi connectivity index (χ0v) is 13.8. The van der Waals surface area contributed by atoms with Crippen LogP contribution in [0.1, 0.15) is 57.8 Å². The number of carbonyl (C=O) groups excluding carboxylic acids is 2. The molecule has 22 heavy (non-hydrogen) atoms. The molecule has 0 aromatic rings. The Kier molecular flexibility index (Phi) is 3.44. The molecule has 122 valence electrons. The minimum absolute atomic E-state index is 0.0174. The highest BCUT2D eigenvalue weighted by Gasteiger charge is 2.60. The zero-order chi connectivity index (χ0) is 15.4. The van der Waals surface area contributed by atoms with Gasteiger partial charge in [0.1, 0.15) is 6.04 Å². The molecule has 1 aliphatic heterocycles. The molecule has 0 aromatic heterocycles. The van der Waals surface area contributed by atoms with Crippen LogP contribution in [0, 0.1) is 17.3 Å². The molecular weight excluding hydrogens is 300 g/mol. The predicted molar refractivity (Wildman–Crippen MR) is 84.5 cm³/mol. The van der Waals surface area contributed by atoms with Crippen molar-refractivity contribution in [2.45, 2.75) is 68.7 Å². The van der Waals surface area contributed by atoms with Crippen LogP contribution in [0.2, 0.25) is 0 Å². The van der Waals surface area contributed by atoms with Crippen molar-refractivity contribution in [3.8, 4) is 0 Å². The second-order valence-corrected chi connectivity index (χ2v) is 9.01. The third-order valence-corrected chi connectivity index (χ3v) is 6.75. The van der Waals surface area contributed by atoms with Gasteiger partial charge in [-0.15, -0.1) is 11.6 Å². The Hall–Kier alpha value is -0.770. The SMILES string of the molecule is O=C1NCCCC[C@@H]1NC(=O)C12CC3CC(CC(Cl)(C3)C1)C2. The summed E-state index contributed by atoms with van der Waals surface area (Å²) in [5.41, 5.74) is -0.307. The summed E-state index contributed by atoms with van der Waals surface area (Å²) in [6.45, 7) is 0.727. The normalized spacial score (nSPS) is 47.0. The molecule has 0 aromatic carbocycles. The fourth-order valence-corrected chi connectivity index (χ4v) is 6.50. The second-order valence-electron chi connectivity index (χ2n) is 8.21. The van der Waals surface area contributed by atoms with Crippen LogP contribution in [-0.2, 0) is 9.59 Å². The molecule has 4 bridgehead atoms. The number of carbonyl (C=O) groups is 2. The highest BCUT2D eigenvalue weighted by molar-refractivity contribution is 6.24. The monoisotopic (exact) mass is 324 g/mol. The van der Waals surface area contributed by atoms with Crippen LogP contribution < -0.4 is 10.6 Å². The van der Waals surface area contributed by atoms with Crippen LogP contribution in [-0.4, -0.2) is 29.3 Å². The Morgan fingerprint density at radius 2 is 1.91 bits per heavy atom. The van der Waals surface area contributed by atoms with Crippen molar-refractivity contribution < 1.29 is 9.59 Å². The lowest BCUT2D eigenvalue weighted by Gasteiger charge is -2.59. The van der Waals surface area contributed by atoms with E-state index in [0.29, 0.717) is 11.8 Å². The van der Waals surface area contributed by atoms with Crippen molar-refractivity contribution in [1.82, 2.24) is 10.6 Å².